The number of nitrogens with zero attached hydrogens (tertiary/aromatic N) is 3. The minimum absolute atomic E-state index is 0.0807. The van der Waals surface area contributed by atoms with E-state index >= 15 is 0 Å². The molecule has 33 heavy (non-hydrogen) atoms. The Morgan fingerprint density at radius 1 is 1.09 bits per heavy atom. The van der Waals surface area contributed by atoms with E-state index in [9.17, 15) is 4.79 Å². The summed E-state index contributed by atoms with van der Waals surface area (Å²) in [6.07, 6.45) is 1.67. The van der Waals surface area contributed by atoms with Crippen LogP contribution in [0.25, 0.3) is 0 Å². The van der Waals surface area contributed by atoms with E-state index < -0.39 is 0 Å². The summed E-state index contributed by atoms with van der Waals surface area (Å²) in [4.78, 5) is 13.6. The van der Waals surface area contributed by atoms with Gasteiger partial charge in [-0.05, 0) is 43.4 Å². The number of aromatic nitrogens is 3. The number of hydrogen-bond acceptors (Lipinski definition) is 7. The highest BCUT2D eigenvalue weighted by molar-refractivity contribution is 7.99. The molecule has 0 aliphatic rings. The molecule has 3 rings (SSSR count). The number of carbonyl (C=O) groups excluding carboxylic acids is 1. The van der Waals surface area contributed by atoms with Crippen molar-refractivity contribution in [3.8, 4) is 11.5 Å². The summed E-state index contributed by atoms with van der Waals surface area (Å²) < 4.78 is 13.4. The molecule has 0 aliphatic carbocycles. The minimum atomic E-state index is -0.319. The van der Waals surface area contributed by atoms with Gasteiger partial charge in [-0.2, -0.15) is 0 Å². The average Bonchev–Trinajstić information content (AvgIpc) is 3.20. The van der Waals surface area contributed by atoms with Crippen LogP contribution in [0.3, 0.4) is 0 Å². The second-order valence-electron chi connectivity index (χ2n) is 7.82. The monoisotopic (exact) mass is 486 g/mol. The van der Waals surface area contributed by atoms with Gasteiger partial charge in [-0.1, -0.05) is 43.8 Å². The van der Waals surface area contributed by atoms with Crippen LogP contribution in [0.4, 0.5) is 5.69 Å². The van der Waals surface area contributed by atoms with Gasteiger partial charge in [0.1, 0.15) is 11.5 Å². The summed E-state index contributed by atoms with van der Waals surface area (Å²) in [5.41, 5.74) is 0.820. The fraction of sp³-hybridized carbons (Fsp3) is 0.375. The molecule has 1 N–H and O–H groups in total. The van der Waals surface area contributed by atoms with E-state index in [-0.39, 0.29) is 17.8 Å². The Hall–Kier alpha value is -2.65. The van der Waals surface area contributed by atoms with E-state index in [2.05, 4.69) is 29.4 Å². The fourth-order valence-electron chi connectivity index (χ4n) is 3.24. The Morgan fingerprint density at radius 3 is 2.58 bits per heavy atom. The van der Waals surface area contributed by atoms with Crippen molar-refractivity contribution in [2.75, 3.05) is 24.4 Å². The van der Waals surface area contributed by atoms with Gasteiger partial charge in [-0.3, -0.25) is 4.79 Å². The SMILES string of the molecule is COc1cccc(OC(C)c2nnc(SCC(=O)Nc3ccccc3SC)n2CC(C)C)c1. The van der Waals surface area contributed by atoms with Gasteiger partial charge in [-0.25, -0.2) is 0 Å². The summed E-state index contributed by atoms with van der Waals surface area (Å²) in [5, 5.41) is 12.5. The molecule has 9 heteroatoms. The van der Waals surface area contributed by atoms with Gasteiger partial charge in [0.15, 0.2) is 17.1 Å². The Kier molecular flexibility index (Phi) is 9.08. The number of ether oxygens (including phenoxy) is 2. The first-order valence-electron chi connectivity index (χ1n) is 10.7. The molecule has 2 aromatic carbocycles. The lowest BCUT2D eigenvalue weighted by molar-refractivity contribution is -0.113. The van der Waals surface area contributed by atoms with Crippen molar-refractivity contribution in [2.24, 2.45) is 5.92 Å². The van der Waals surface area contributed by atoms with Crippen molar-refractivity contribution in [3.63, 3.8) is 0 Å². The molecule has 0 aliphatic heterocycles. The molecule has 0 bridgehead atoms. The number of thioether (sulfide) groups is 2. The molecular formula is C24H30N4O3S2. The van der Waals surface area contributed by atoms with Crippen LogP contribution < -0.4 is 14.8 Å². The largest absolute Gasteiger partial charge is 0.497 e. The number of para-hydroxylation sites is 1. The van der Waals surface area contributed by atoms with E-state index in [1.54, 1.807) is 18.9 Å². The third-order valence-corrected chi connectivity index (χ3v) is 6.49. The van der Waals surface area contributed by atoms with Crippen LogP contribution in [0, 0.1) is 5.92 Å². The standard InChI is InChI=1S/C24H30N4O3S2/c1-16(2)14-28-23(17(3)31-19-10-8-9-18(13-19)30-4)26-27-24(28)33-15-22(29)25-20-11-6-7-12-21(20)32-5/h6-13,16-17H,14-15H2,1-5H3,(H,25,29). The number of anilines is 1. The van der Waals surface area contributed by atoms with Crippen molar-refractivity contribution in [1.82, 2.24) is 14.8 Å². The fourth-order valence-corrected chi connectivity index (χ4v) is 4.55. The van der Waals surface area contributed by atoms with Crippen LogP contribution in [0.2, 0.25) is 0 Å². The van der Waals surface area contributed by atoms with Gasteiger partial charge in [0, 0.05) is 17.5 Å². The molecule has 0 radical (unpaired) electrons. The lowest BCUT2D eigenvalue weighted by Gasteiger charge is -2.18. The maximum Gasteiger partial charge on any atom is 0.234 e. The zero-order valence-electron chi connectivity index (χ0n) is 19.6. The molecule has 0 saturated heterocycles. The zero-order valence-corrected chi connectivity index (χ0v) is 21.2. The van der Waals surface area contributed by atoms with E-state index in [4.69, 9.17) is 9.47 Å². The van der Waals surface area contributed by atoms with Crippen molar-refractivity contribution in [2.45, 2.75) is 43.5 Å². The molecule has 176 valence electrons. The van der Waals surface area contributed by atoms with Gasteiger partial charge >= 0.3 is 0 Å². The predicted octanol–water partition coefficient (Wildman–Crippen LogP) is 5.54. The van der Waals surface area contributed by atoms with Crippen molar-refractivity contribution < 1.29 is 14.3 Å². The van der Waals surface area contributed by atoms with Crippen molar-refractivity contribution in [3.05, 3.63) is 54.4 Å². The topological polar surface area (TPSA) is 78.3 Å². The number of hydrogen-bond donors (Lipinski definition) is 1. The van der Waals surface area contributed by atoms with E-state index in [0.717, 1.165) is 28.7 Å². The normalized spacial score (nSPS) is 11.9. The van der Waals surface area contributed by atoms with Crippen molar-refractivity contribution >= 4 is 35.1 Å². The van der Waals surface area contributed by atoms with E-state index in [1.165, 1.54) is 11.8 Å². The number of nitrogens with one attached hydrogen (secondary N) is 1. The highest BCUT2D eigenvalue weighted by Gasteiger charge is 2.21. The minimum Gasteiger partial charge on any atom is -0.497 e. The summed E-state index contributed by atoms with van der Waals surface area (Å²) >= 11 is 2.98. The third-order valence-electron chi connectivity index (χ3n) is 4.72. The summed E-state index contributed by atoms with van der Waals surface area (Å²) in [6.45, 7) is 6.95. The molecule has 1 amide bonds. The highest BCUT2D eigenvalue weighted by atomic mass is 32.2. The highest BCUT2D eigenvalue weighted by Crippen LogP contribution is 2.28. The van der Waals surface area contributed by atoms with Gasteiger partial charge in [-0.15, -0.1) is 22.0 Å². The molecule has 1 unspecified atom stereocenters. The lowest BCUT2D eigenvalue weighted by atomic mass is 10.2. The Labute approximate surface area is 203 Å². The maximum absolute atomic E-state index is 12.6. The summed E-state index contributed by atoms with van der Waals surface area (Å²) in [7, 11) is 1.63. The van der Waals surface area contributed by atoms with Crippen LogP contribution in [-0.4, -0.2) is 39.8 Å². The molecule has 1 atom stereocenters. The first-order chi connectivity index (χ1) is 15.9. The van der Waals surface area contributed by atoms with Crippen LogP contribution in [0.5, 0.6) is 11.5 Å². The van der Waals surface area contributed by atoms with E-state index in [0.29, 0.717) is 16.8 Å². The second-order valence-corrected chi connectivity index (χ2v) is 9.61. The maximum atomic E-state index is 12.6. The van der Waals surface area contributed by atoms with Gasteiger partial charge in [0.05, 0.1) is 18.6 Å². The van der Waals surface area contributed by atoms with Gasteiger partial charge in [0.25, 0.3) is 0 Å². The Balaban J connectivity index is 1.71. The molecule has 1 heterocycles. The first-order valence-corrected chi connectivity index (χ1v) is 12.9. The molecule has 0 saturated carbocycles. The van der Waals surface area contributed by atoms with Gasteiger partial charge < -0.3 is 19.4 Å². The summed E-state index contributed by atoms with van der Waals surface area (Å²) in [5.74, 6) is 2.69. The van der Waals surface area contributed by atoms with Crippen molar-refractivity contribution in [1.29, 1.82) is 0 Å². The number of benzene rings is 2. The zero-order chi connectivity index (χ0) is 23.8. The first kappa shape index (κ1) is 25.0. The lowest BCUT2D eigenvalue weighted by Crippen LogP contribution is -2.17. The smallest absolute Gasteiger partial charge is 0.234 e. The number of methoxy groups -OCH3 is 1. The number of rotatable bonds is 11. The van der Waals surface area contributed by atoms with E-state index in [1.807, 2.05) is 66.3 Å². The molecule has 0 fully saturated rings. The Bertz CT molecular complexity index is 1070. The van der Waals surface area contributed by atoms with Gasteiger partial charge in [0.2, 0.25) is 5.91 Å². The molecule has 7 nitrogen and oxygen atoms in total. The second kappa shape index (κ2) is 12.0. The molecule has 1 aromatic heterocycles. The number of amides is 1. The van der Waals surface area contributed by atoms with Crippen LogP contribution in [0.15, 0.2) is 58.6 Å². The predicted molar refractivity (Wildman–Crippen MR) is 134 cm³/mol. The number of carbonyl (C=O) groups is 1. The van der Waals surface area contributed by atoms with Crippen LogP contribution in [0.1, 0.15) is 32.7 Å². The molecule has 3 aromatic rings. The third kappa shape index (κ3) is 6.91. The molecular weight excluding hydrogens is 456 g/mol. The van der Waals surface area contributed by atoms with Crippen LogP contribution >= 0.6 is 23.5 Å². The van der Waals surface area contributed by atoms with Crippen LogP contribution in [-0.2, 0) is 11.3 Å². The Morgan fingerprint density at radius 2 is 1.85 bits per heavy atom. The average molecular weight is 487 g/mol. The summed E-state index contributed by atoms with van der Waals surface area (Å²) in [6, 6.07) is 15.2. The quantitative estimate of drug-likeness (QED) is 0.357. The molecule has 0 spiro atoms.